The molecule has 4 heteroatoms. The fourth-order valence-corrected chi connectivity index (χ4v) is 2.46. The molecule has 2 saturated carbocycles. The summed E-state index contributed by atoms with van der Waals surface area (Å²) in [5, 5.41) is 3.07. The number of ether oxygens (including phenoxy) is 1. The van der Waals surface area contributed by atoms with Crippen LogP contribution in [0.1, 0.15) is 25.7 Å². The van der Waals surface area contributed by atoms with E-state index in [0.717, 1.165) is 0 Å². The van der Waals surface area contributed by atoms with Gasteiger partial charge < -0.3 is 10.1 Å². The van der Waals surface area contributed by atoms with Crippen molar-refractivity contribution in [1.29, 1.82) is 0 Å². The summed E-state index contributed by atoms with van der Waals surface area (Å²) in [6, 6.07) is 6.19. The van der Waals surface area contributed by atoms with Crippen molar-refractivity contribution in [3.8, 4) is 5.75 Å². The second kappa shape index (κ2) is 5.19. The molecule has 2 fully saturated rings. The molecule has 1 aromatic carbocycles. The molecular formula is C15H18FNO2. The molecular weight excluding hydrogens is 245 g/mol. The van der Waals surface area contributed by atoms with Gasteiger partial charge in [-0.1, -0.05) is 6.07 Å². The van der Waals surface area contributed by atoms with Gasteiger partial charge in [0.25, 0.3) is 5.91 Å². The first-order valence-electron chi connectivity index (χ1n) is 6.90. The van der Waals surface area contributed by atoms with E-state index >= 15 is 0 Å². The van der Waals surface area contributed by atoms with E-state index in [4.69, 9.17) is 4.74 Å². The van der Waals surface area contributed by atoms with E-state index in [0.29, 0.717) is 23.6 Å². The van der Waals surface area contributed by atoms with E-state index in [1.54, 1.807) is 12.1 Å². The number of carbonyl (C=O) groups is 1. The molecule has 0 saturated heterocycles. The Balaban J connectivity index is 1.48. The van der Waals surface area contributed by atoms with Crippen LogP contribution >= 0.6 is 0 Å². The minimum atomic E-state index is -0.355. The fourth-order valence-electron chi connectivity index (χ4n) is 2.46. The first-order chi connectivity index (χ1) is 9.22. The number of hydrogen-bond acceptors (Lipinski definition) is 2. The van der Waals surface area contributed by atoms with E-state index in [1.807, 2.05) is 0 Å². The third-order valence-corrected chi connectivity index (χ3v) is 3.75. The molecule has 2 aliphatic rings. The van der Waals surface area contributed by atoms with E-state index in [1.165, 1.54) is 37.8 Å². The maximum Gasteiger partial charge on any atom is 0.258 e. The maximum absolute atomic E-state index is 12.9. The molecule has 0 aromatic heterocycles. The van der Waals surface area contributed by atoms with Crippen molar-refractivity contribution < 1.29 is 13.9 Å². The van der Waals surface area contributed by atoms with Gasteiger partial charge in [-0.2, -0.15) is 0 Å². The molecule has 2 aliphatic carbocycles. The molecule has 0 aliphatic heterocycles. The predicted molar refractivity (Wildman–Crippen MR) is 69.3 cm³/mol. The summed E-state index contributed by atoms with van der Waals surface area (Å²) in [7, 11) is 0. The topological polar surface area (TPSA) is 38.3 Å². The lowest BCUT2D eigenvalue weighted by Crippen LogP contribution is -2.40. The number of carbonyl (C=O) groups excluding carboxylic acids is 1. The molecule has 0 heterocycles. The van der Waals surface area contributed by atoms with Gasteiger partial charge in [-0.05, 0) is 49.7 Å². The molecule has 102 valence electrons. The number of nitrogens with one attached hydrogen (secondary N) is 1. The van der Waals surface area contributed by atoms with Crippen molar-refractivity contribution in [3.63, 3.8) is 0 Å². The standard InChI is InChI=1S/C15H18FNO2/c16-12-2-1-3-13(8-12)19-9-14(18)17-15(10-4-5-10)11-6-7-11/h1-3,8,10-11,15H,4-7,9H2,(H,17,18). The van der Waals surface area contributed by atoms with Crippen molar-refractivity contribution in [2.45, 2.75) is 31.7 Å². The van der Waals surface area contributed by atoms with Gasteiger partial charge in [-0.25, -0.2) is 4.39 Å². The SMILES string of the molecule is O=C(COc1cccc(F)c1)NC(C1CC1)C1CC1. The van der Waals surface area contributed by atoms with Crippen LogP contribution in [0, 0.1) is 17.7 Å². The summed E-state index contributed by atoms with van der Waals surface area (Å²) >= 11 is 0. The van der Waals surface area contributed by atoms with E-state index in [-0.39, 0.29) is 18.3 Å². The van der Waals surface area contributed by atoms with Crippen LogP contribution in [0.15, 0.2) is 24.3 Å². The lowest BCUT2D eigenvalue weighted by Gasteiger charge is -2.17. The van der Waals surface area contributed by atoms with Crippen LogP contribution < -0.4 is 10.1 Å². The summed E-state index contributed by atoms with van der Waals surface area (Å²) in [6.07, 6.45) is 4.91. The Morgan fingerprint density at radius 1 is 1.32 bits per heavy atom. The summed E-state index contributed by atoms with van der Waals surface area (Å²) in [5.74, 6) is 1.28. The molecule has 0 unspecified atom stereocenters. The second-order valence-electron chi connectivity index (χ2n) is 5.51. The van der Waals surface area contributed by atoms with Gasteiger partial charge in [0.05, 0.1) is 0 Å². The Morgan fingerprint density at radius 2 is 2.00 bits per heavy atom. The van der Waals surface area contributed by atoms with Crippen molar-refractivity contribution in [3.05, 3.63) is 30.1 Å². The molecule has 3 rings (SSSR count). The van der Waals surface area contributed by atoms with Crippen LogP contribution in [0.4, 0.5) is 4.39 Å². The Kier molecular flexibility index (Phi) is 3.40. The molecule has 0 atom stereocenters. The summed E-state index contributed by atoms with van der Waals surface area (Å²) in [4.78, 5) is 11.8. The average Bonchev–Trinajstić information content (AvgIpc) is 3.27. The van der Waals surface area contributed by atoms with E-state index in [9.17, 15) is 9.18 Å². The predicted octanol–water partition coefficient (Wildman–Crippen LogP) is 2.51. The normalized spacial score (nSPS) is 18.4. The summed E-state index contributed by atoms with van der Waals surface area (Å²) < 4.78 is 18.2. The van der Waals surface area contributed by atoms with Gasteiger partial charge >= 0.3 is 0 Å². The van der Waals surface area contributed by atoms with Crippen LogP contribution in [0.5, 0.6) is 5.75 Å². The van der Waals surface area contributed by atoms with Gasteiger partial charge in [0, 0.05) is 12.1 Å². The van der Waals surface area contributed by atoms with Crippen molar-refractivity contribution >= 4 is 5.91 Å². The molecule has 1 amide bonds. The summed E-state index contributed by atoms with van der Waals surface area (Å²) in [5.41, 5.74) is 0. The highest BCUT2D eigenvalue weighted by Gasteiger charge is 2.42. The minimum absolute atomic E-state index is 0.0423. The Bertz CT molecular complexity index is 457. The zero-order chi connectivity index (χ0) is 13.2. The number of amides is 1. The van der Waals surface area contributed by atoms with Crippen LogP contribution in [-0.4, -0.2) is 18.6 Å². The molecule has 1 aromatic rings. The molecule has 0 bridgehead atoms. The molecule has 0 radical (unpaired) electrons. The number of rotatable bonds is 6. The van der Waals surface area contributed by atoms with Crippen LogP contribution in [0.25, 0.3) is 0 Å². The largest absolute Gasteiger partial charge is 0.484 e. The molecule has 0 spiro atoms. The Morgan fingerprint density at radius 3 is 2.58 bits per heavy atom. The van der Waals surface area contributed by atoms with E-state index in [2.05, 4.69) is 5.32 Å². The van der Waals surface area contributed by atoms with Gasteiger partial charge in [-0.3, -0.25) is 4.79 Å². The maximum atomic E-state index is 12.9. The average molecular weight is 263 g/mol. The lowest BCUT2D eigenvalue weighted by atomic mass is 10.1. The second-order valence-corrected chi connectivity index (χ2v) is 5.51. The quantitative estimate of drug-likeness (QED) is 0.856. The van der Waals surface area contributed by atoms with Gasteiger partial charge in [0.2, 0.25) is 0 Å². The van der Waals surface area contributed by atoms with E-state index < -0.39 is 0 Å². The number of halogens is 1. The van der Waals surface area contributed by atoms with Crippen LogP contribution in [-0.2, 0) is 4.79 Å². The first kappa shape index (κ1) is 12.5. The van der Waals surface area contributed by atoms with Gasteiger partial charge in [0.1, 0.15) is 11.6 Å². The zero-order valence-electron chi connectivity index (χ0n) is 10.8. The summed E-state index contributed by atoms with van der Waals surface area (Å²) in [6.45, 7) is -0.0423. The molecule has 3 nitrogen and oxygen atoms in total. The fraction of sp³-hybridized carbons (Fsp3) is 0.533. The highest BCUT2D eigenvalue weighted by atomic mass is 19.1. The van der Waals surface area contributed by atoms with Crippen molar-refractivity contribution in [2.24, 2.45) is 11.8 Å². The minimum Gasteiger partial charge on any atom is -0.484 e. The lowest BCUT2D eigenvalue weighted by molar-refractivity contribution is -0.124. The first-order valence-corrected chi connectivity index (χ1v) is 6.90. The molecule has 1 N–H and O–H groups in total. The third kappa shape index (κ3) is 3.46. The van der Waals surface area contributed by atoms with Crippen molar-refractivity contribution in [2.75, 3.05) is 6.61 Å². The smallest absolute Gasteiger partial charge is 0.258 e. The highest BCUT2D eigenvalue weighted by molar-refractivity contribution is 5.78. The number of benzene rings is 1. The van der Waals surface area contributed by atoms with Crippen LogP contribution in [0.3, 0.4) is 0 Å². The highest BCUT2D eigenvalue weighted by Crippen LogP contribution is 2.44. The zero-order valence-corrected chi connectivity index (χ0v) is 10.8. The monoisotopic (exact) mass is 263 g/mol. The van der Waals surface area contributed by atoms with Gasteiger partial charge in [-0.15, -0.1) is 0 Å². The Labute approximate surface area is 112 Å². The Hall–Kier alpha value is -1.58. The third-order valence-electron chi connectivity index (χ3n) is 3.75. The van der Waals surface area contributed by atoms with Gasteiger partial charge in [0.15, 0.2) is 6.61 Å². The van der Waals surface area contributed by atoms with Crippen LogP contribution in [0.2, 0.25) is 0 Å². The van der Waals surface area contributed by atoms with Crippen molar-refractivity contribution in [1.82, 2.24) is 5.32 Å². The molecule has 19 heavy (non-hydrogen) atoms. The number of hydrogen-bond donors (Lipinski definition) is 1.